The molecule has 4 N–H and O–H groups in total. The van der Waals surface area contributed by atoms with E-state index in [4.69, 9.17) is 10.5 Å². The maximum Gasteiger partial charge on any atom is 0.248 e. The number of carbonyl (C=O) groups excluding carboxylic acids is 1. The van der Waals surface area contributed by atoms with Crippen LogP contribution in [0.2, 0.25) is 0 Å². The summed E-state index contributed by atoms with van der Waals surface area (Å²) >= 11 is 0. The van der Waals surface area contributed by atoms with Crippen LogP contribution in [-0.2, 0) is 17.6 Å². The van der Waals surface area contributed by atoms with Crippen LogP contribution in [0.5, 0.6) is 5.75 Å². The van der Waals surface area contributed by atoms with Crippen LogP contribution in [0.3, 0.4) is 0 Å². The van der Waals surface area contributed by atoms with Crippen molar-refractivity contribution in [2.45, 2.75) is 46.1 Å². The Balaban J connectivity index is 1.85. The molecule has 2 aliphatic rings. The molecule has 2 heterocycles. The van der Waals surface area contributed by atoms with Crippen molar-refractivity contribution in [2.24, 2.45) is 15.7 Å². The lowest BCUT2D eigenvalue weighted by molar-refractivity contribution is -0.128. The van der Waals surface area contributed by atoms with Gasteiger partial charge in [0.2, 0.25) is 11.9 Å². The minimum Gasteiger partial charge on any atom is -0.493 e. The second-order valence-electron chi connectivity index (χ2n) is 8.01. The number of aliphatic imine (C=N–C) groups is 2. The van der Waals surface area contributed by atoms with Gasteiger partial charge in [-0.1, -0.05) is 6.07 Å². The van der Waals surface area contributed by atoms with Crippen LogP contribution in [0.25, 0.3) is 0 Å². The number of allylic oxidation sites excluding steroid dienone is 1. The molecule has 3 rings (SSSR count). The zero-order valence-corrected chi connectivity index (χ0v) is 18.7. The van der Waals surface area contributed by atoms with Crippen molar-refractivity contribution in [3.05, 3.63) is 52.7 Å². The highest BCUT2D eigenvalue weighted by Gasteiger charge is 2.30. The summed E-state index contributed by atoms with van der Waals surface area (Å²) in [5.74, 6) is 0.564. The van der Waals surface area contributed by atoms with Gasteiger partial charge in [-0.15, -0.1) is 0 Å². The molecule has 172 valence electrons. The van der Waals surface area contributed by atoms with Crippen molar-refractivity contribution in [1.29, 1.82) is 0 Å². The number of nitrogens with two attached hydrogens (primary N) is 1. The fraction of sp³-hybridized carbons (Fsp3) is 0.435. The molecule has 8 nitrogen and oxygen atoms in total. The summed E-state index contributed by atoms with van der Waals surface area (Å²) in [6.45, 7) is 9.82. The highest BCUT2D eigenvalue weighted by Crippen LogP contribution is 2.30. The average Bonchev–Trinajstić information content (AvgIpc) is 3.29. The first-order valence-electron chi connectivity index (χ1n) is 10.6. The number of amides is 1. The fourth-order valence-corrected chi connectivity index (χ4v) is 3.70. The number of aryl methyl sites for hydroxylation is 1. The summed E-state index contributed by atoms with van der Waals surface area (Å²) in [6, 6.07) is 4.16. The number of nitrogens with zero attached hydrogens (tertiary/aromatic N) is 3. The molecule has 2 aliphatic heterocycles. The molecule has 1 aromatic rings. The molecule has 1 amide bonds. The van der Waals surface area contributed by atoms with Crippen LogP contribution < -0.4 is 15.8 Å². The number of benzene rings is 1. The number of amidine groups is 2. The summed E-state index contributed by atoms with van der Waals surface area (Å²) in [5.41, 5.74) is 10.2. The largest absolute Gasteiger partial charge is 0.493 e. The van der Waals surface area contributed by atoms with Gasteiger partial charge < -0.3 is 25.8 Å². The number of halogens is 1. The summed E-state index contributed by atoms with van der Waals surface area (Å²) in [4.78, 5) is 22.0. The van der Waals surface area contributed by atoms with E-state index in [0.717, 1.165) is 23.3 Å². The Morgan fingerprint density at radius 1 is 1.50 bits per heavy atom. The third-order valence-electron chi connectivity index (χ3n) is 5.35. The standard InChI is InChI=1S/C23H30FN5O3/c1-13-10-17-6-9-32-19(17)11-18(13)12-20-28-21(14(2)25)22(27-16(4)24)29(20)8-5-7-26-23(31)15(3)30/h10-11,15,30H,4-9,12,25H2,1-3H3,(H,26,31)/b21-14-,27-22+. The topological polar surface area (TPSA) is 113 Å². The van der Waals surface area contributed by atoms with Crippen molar-refractivity contribution in [3.8, 4) is 5.75 Å². The fourth-order valence-electron chi connectivity index (χ4n) is 3.70. The number of nitrogens with one attached hydrogen (secondary N) is 1. The summed E-state index contributed by atoms with van der Waals surface area (Å²) in [6.07, 6.45) is 0.830. The van der Waals surface area contributed by atoms with Crippen molar-refractivity contribution in [2.75, 3.05) is 19.7 Å². The van der Waals surface area contributed by atoms with E-state index in [9.17, 15) is 14.3 Å². The smallest absolute Gasteiger partial charge is 0.248 e. The van der Waals surface area contributed by atoms with Gasteiger partial charge >= 0.3 is 0 Å². The monoisotopic (exact) mass is 443 g/mol. The van der Waals surface area contributed by atoms with E-state index in [1.54, 1.807) is 11.8 Å². The first-order valence-corrected chi connectivity index (χ1v) is 10.6. The predicted octanol–water partition coefficient (Wildman–Crippen LogP) is 2.10. The van der Waals surface area contributed by atoms with E-state index in [-0.39, 0.29) is 0 Å². The molecule has 32 heavy (non-hydrogen) atoms. The average molecular weight is 444 g/mol. The van der Waals surface area contributed by atoms with Gasteiger partial charge in [0.25, 0.3) is 0 Å². The third-order valence-corrected chi connectivity index (χ3v) is 5.35. The zero-order chi connectivity index (χ0) is 23.4. The number of hydrogen-bond acceptors (Lipinski definition) is 6. The molecule has 0 aliphatic carbocycles. The molecule has 0 saturated heterocycles. The minimum absolute atomic E-state index is 0.296. The van der Waals surface area contributed by atoms with Crippen molar-refractivity contribution in [1.82, 2.24) is 10.2 Å². The lowest BCUT2D eigenvalue weighted by Gasteiger charge is -2.22. The van der Waals surface area contributed by atoms with E-state index in [1.165, 1.54) is 12.5 Å². The molecule has 0 aromatic heterocycles. The van der Waals surface area contributed by atoms with Gasteiger partial charge in [0.1, 0.15) is 23.4 Å². The van der Waals surface area contributed by atoms with Crippen LogP contribution in [0, 0.1) is 6.92 Å². The quantitative estimate of drug-likeness (QED) is 0.421. The van der Waals surface area contributed by atoms with E-state index < -0.39 is 18.0 Å². The number of carbonyl (C=O) groups is 1. The SMILES string of the molecule is C=C(F)/N=C1\C(=C(/C)N)N=C(Cc2cc3c(cc2C)CCO3)N1CCCNC(=O)C(C)O. The zero-order valence-electron chi connectivity index (χ0n) is 18.7. The van der Waals surface area contributed by atoms with Gasteiger partial charge in [0.05, 0.1) is 6.61 Å². The lowest BCUT2D eigenvalue weighted by atomic mass is 10.0. The maximum absolute atomic E-state index is 13.7. The van der Waals surface area contributed by atoms with Gasteiger partial charge in [-0.3, -0.25) is 4.79 Å². The van der Waals surface area contributed by atoms with E-state index in [1.807, 2.05) is 13.0 Å². The van der Waals surface area contributed by atoms with Crippen LogP contribution >= 0.6 is 0 Å². The maximum atomic E-state index is 13.7. The van der Waals surface area contributed by atoms with Gasteiger partial charge in [0.15, 0.2) is 5.84 Å². The number of hydrogen-bond donors (Lipinski definition) is 3. The number of ether oxygens (including phenoxy) is 1. The second-order valence-corrected chi connectivity index (χ2v) is 8.01. The Morgan fingerprint density at radius 2 is 2.25 bits per heavy atom. The minimum atomic E-state index is -1.08. The first kappa shape index (κ1) is 23.5. The molecule has 0 radical (unpaired) electrons. The number of aliphatic hydroxyl groups is 1. The highest BCUT2D eigenvalue weighted by atomic mass is 19.1. The Labute approximate surface area is 187 Å². The van der Waals surface area contributed by atoms with Crippen LogP contribution in [-0.4, -0.2) is 53.4 Å². The summed E-state index contributed by atoms with van der Waals surface area (Å²) in [7, 11) is 0. The number of rotatable bonds is 8. The second kappa shape index (κ2) is 9.95. The van der Waals surface area contributed by atoms with Gasteiger partial charge in [-0.25, -0.2) is 9.98 Å². The number of aliphatic hydroxyl groups excluding tert-OH is 1. The molecule has 1 atom stereocenters. The van der Waals surface area contributed by atoms with Crippen LogP contribution in [0.15, 0.2) is 46.0 Å². The van der Waals surface area contributed by atoms with Crippen molar-refractivity contribution in [3.63, 3.8) is 0 Å². The Kier molecular flexibility index (Phi) is 7.29. The molecule has 1 unspecified atom stereocenters. The first-order chi connectivity index (χ1) is 15.2. The molecule has 0 fully saturated rings. The molecule has 0 saturated carbocycles. The van der Waals surface area contributed by atoms with E-state index in [2.05, 4.69) is 27.9 Å². The summed E-state index contributed by atoms with van der Waals surface area (Å²) in [5, 5.41) is 12.0. The van der Waals surface area contributed by atoms with Crippen molar-refractivity contribution < 1.29 is 19.0 Å². The third kappa shape index (κ3) is 5.34. The summed E-state index contributed by atoms with van der Waals surface area (Å²) < 4.78 is 19.4. The lowest BCUT2D eigenvalue weighted by Crippen LogP contribution is -2.38. The Hall–Kier alpha value is -3.20. The molecular weight excluding hydrogens is 413 g/mol. The van der Waals surface area contributed by atoms with Crippen LogP contribution in [0.1, 0.15) is 37.0 Å². The van der Waals surface area contributed by atoms with Gasteiger partial charge in [-0.05, 0) is 56.5 Å². The van der Waals surface area contributed by atoms with E-state index >= 15 is 0 Å². The van der Waals surface area contributed by atoms with Gasteiger partial charge in [-0.2, -0.15) is 4.39 Å². The molecule has 1 aromatic carbocycles. The Bertz CT molecular complexity index is 1010. The highest BCUT2D eigenvalue weighted by molar-refractivity contribution is 6.16. The van der Waals surface area contributed by atoms with Gasteiger partial charge in [0, 0.05) is 31.6 Å². The molecule has 0 bridgehead atoms. The predicted molar refractivity (Wildman–Crippen MR) is 122 cm³/mol. The van der Waals surface area contributed by atoms with Crippen molar-refractivity contribution >= 4 is 17.6 Å². The van der Waals surface area contributed by atoms with Crippen LogP contribution in [0.4, 0.5) is 4.39 Å². The molecular formula is C23H30FN5O3. The Morgan fingerprint density at radius 3 is 2.91 bits per heavy atom. The van der Waals surface area contributed by atoms with E-state index in [0.29, 0.717) is 55.6 Å². The normalized spacial score (nSPS) is 18.8. The number of fused-ring (bicyclic) bond motifs is 1. The molecule has 0 spiro atoms. The molecule has 9 heteroatoms.